The summed E-state index contributed by atoms with van der Waals surface area (Å²) in [5.41, 5.74) is 4.67. The molecule has 2 unspecified atom stereocenters. The number of nitrogens with zero attached hydrogens (tertiary/aromatic N) is 1. The number of hydrogen-bond donors (Lipinski definition) is 0. The largest absolute Gasteiger partial charge is 0.448 e. The Morgan fingerprint density at radius 2 is 1.57 bits per heavy atom. The van der Waals surface area contributed by atoms with E-state index in [0.717, 1.165) is 22.3 Å². The van der Waals surface area contributed by atoms with Crippen molar-refractivity contribution in [3.05, 3.63) is 101 Å². The Morgan fingerprint density at radius 1 is 0.943 bits per heavy atom. The lowest BCUT2D eigenvalue weighted by Gasteiger charge is -2.44. The van der Waals surface area contributed by atoms with Crippen molar-refractivity contribution in [2.75, 3.05) is 19.8 Å². The summed E-state index contributed by atoms with van der Waals surface area (Å²) >= 11 is 0. The lowest BCUT2D eigenvalue weighted by Crippen LogP contribution is -2.56. The van der Waals surface area contributed by atoms with Crippen molar-refractivity contribution < 1.29 is 27.4 Å². The van der Waals surface area contributed by atoms with Crippen molar-refractivity contribution in [1.82, 2.24) is 4.90 Å². The molecule has 7 heteroatoms. The van der Waals surface area contributed by atoms with E-state index in [2.05, 4.69) is 24.3 Å². The second-order valence-corrected chi connectivity index (χ2v) is 9.11. The molecule has 2 heterocycles. The Labute approximate surface area is 200 Å². The lowest BCUT2D eigenvalue weighted by molar-refractivity contribution is -0.0332. The first-order valence-electron chi connectivity index (χ1n) is 11.6. The van der Waals surface area contributed by atoms with Crippen molar-refractivity contribution in [3.63, 3.8) is 0 Å². The van der Waals surface area contributed by atoms with Gasteiger partial charge in [0.15, 0.2) is 0 Å². The van der Waals surface area contributed by atoms with Gasteiger partial charge < -0.3 is 9.47 Å². The lowest BCUT2D eigenvalue weighted by atomic mass is 9.89. The highest BCUT2D eigenvalue weighted by molar-refractivity contribution is 5.79. The van der Waals surface area contributed by atoms with Gasteiger partial charge in [-0.1, -0.05) is 54.6 Å². The van der Waals surface area contributed by atoms with Crippen LogP contribution in [0.4, 0.5) is 18.0 Å². The van der Waals surface area contributed by atoms with Crippen LogP contribution in [0.15, 0.2) is 66.7 Å². The summed E-state index contributed by atoms with van der Waals surface area (Å²) in [4.78, 5) is 14.8. The zero-order valence-corrected chi connectivity index (χ0v) is 18.7. The molecule has 2 bridgehead atoms. The maximum absolute atomic E-state index is 14.4. The summed E-state index contributed by atoms with van der Waals surface area (Å²) in [5, 5.41) is 0. The van der Waals surface area contributed by atoms with E-state index in [1.807, 2.05) is 24.3 Å². The molecule has 3 aromatic carbocycles. The Hall–Kier alpha value is -3.58. The Morgan fingerprint density at radius 3 is 2.20 bits per heavy atom. The van der Waals surface area contributed by atoms with Crippen molar-refractivity contribution in [3.8, 4) is 11.1 Å². The Bertz CT molecular complexity index is 1290. The van der Waals surface area contributed by atoms with Gasteiger partial charge in [0.05, 0.1) is 25.3 Å². The third-order valence-corrected chi connectivity index (χ3v) is 7.07. The highest BCUT2D eigenvalue weighted by Crippen LogP contribution is 2.44. The van der Waals surface area contributed by atoms with E-state index in [-0.39, 0.29) is 37.7 Å². The maximum atomic E-state index is 14.4. The van der Waals surface area contributed by atoms with Crippen molar-refractivity contribution in [2.24, 2.45) is 0 Å². The second kappa shape index (κ2) is 8.57. The van der Waals surface area contributed by atoms with E-state index < -0.39 is 35.6 Å². The molecule has 3 aliphatic rings. The number of hydrogen-bond acceptors (Lipinski definition) is 3. The number of fused-ring (bicyclic) bond motifs is 5. The van der Waals surface area contributed by atoms with E-state index in [4.69, 9.17) is 9.47 Å². The molecule has 0 radical (unpaired) electrons. The van der Waals surface area contributed by atoms with Crippen molar-refractivity contribution in [1.29, 1.82) is 0 Å². The predicted octanol–water partition coefficient (Wildman–Crippen LogP) is 5.91. The van der Waals surface area contributed by atoms with Gasteiger partial charge in [0.1, 0.15) is 24.1 Å². The van der Waals surface area contributed by atoms with Gasteiger partial charge in [0, 0.05) is 23.6 Å². The highest BCUT2D eigenvalue weighted by Gasteiger charge is 2.40. The number of carbonyl (C=O) groups is 1. The van der Waals surface area contributed by atoms with E-state index in [1.54, 1.807) is 11.0 Å². The third kappa shape index (κ3) is 3.71. The monoisotopic (exact) mass is 477 g/mol. The van der Waals surface area contributed by atoms with Gasteiger partial charge in [-0.05, 0) is 34.2 Å². The number of carbonyl (C=O) groups excluding carboxylic acids is 1. The molecule has 2 atom stereocenters. The molecule has 0 aromatic heterocycles. The smallest absolute Gasteiger partial charge is 0.410 e. The molecule has 35 heavy (non-hydrogen) atoms. The fraction of sp³-hybridized carbons (Fsp3) is 0.250. The zero-order chi connectivity index (χ0) is 24.1. The highest BCUT2D eigenvalue weighted by atomic mass is 19.1. The van der Waals surface area contributed by atoms with Crippen LogP contribution in [-0.4, -0.2) is 42.9 Å². The van der Waals surface area contributed by atoms with Crippen LogP contribution < -0.4 is 0 Å². The van der Waals surface area contributed by atoms with Crippen LogP contribution in [0.5, 0.6) is 0 Å². The molecule has 1 amide bonds. The van der Waals surface area contributed by atoms with Gasteiger partial charge >= 0.3 is 6.09 Å². The summed E-state index contributed by atoms with van der Waals surface area (Å²) < 4.78 is 53.6. The number of halogens is 3. The van der Waals surface area contributed by atoms with Gasteiger partial charge in [0.25, 0.3) is 0 Å². The molecule has 1 fully saturated rings. The van der Waals surface area contributed by atoms with Crippen LogP contribution in [0.3, 0.4) is 0 Å². The summed E-state index contributed by atoms with van der Waals surface area (Å²) in [6.45, 7) is 0.596. The van der Waals surface area contributed by atoms with Gasteiger partial charge in [-0.3, -0.25) is 4.90 Å². The molecule has 0 N–H and O–H groups in total. The quantitative estimate of drug-likeness (QED) is 0.471. The molecule has 0 spiro atoms. The number of benzene rings is 3. The molecule has 6 rings (SSSR count). The molecule has 1 saturated heterocycles. The standard InChI is InChI=1S/C28H22F3NO3/c29-17-11-25(30)27(26(31)12-17)16-9-18-13-34-14-19(10-16)32(18)28(33)35-15-24-22-7-3-1-5-20(22)21-6-2-4-8-23(21)24/h1-9,11-12,18-19,24H,10,13-15H2. The molecule has 4 nitrogen and oxygen atoms in total. The van der Waals surface area contributed by atoms with E-state index in [1.165, 1.54) is 0 Å². The van der Waals surface area contributed by atoms with Gasteiger partial charge in [-0.25, -0.2) is 18.0 Å². The maximum Gasteiger partial charge on any atom is 0.410 e. The van der Waals surface area contributed by atoms with Gasteiger partial charge in [-0.2, -0.15) is 0 Å². The van der Waals surface area contributed by atoms with E-state index in [0.29, 0.717) is 17.7 Å². The van der Waals surface area contributed by atoms with Crippen LogP contribution in [0.1, 0.15) is 29.0 Å². The fourth-order valence-electron chi connectivity index (χ4n) is 5.58. The van der Waals surface area contributed by atoms with E-state index in [9.17, 15) is 18.0 Å². The molecule has 1 aliphatic carbocycles. The molecule has 0 saturated carbocycles. The normalized spacial score (nSPS) is 20.8. The predicted molar refractivity (Wildman–Crippen MR) is 124 cm³/mol. The van der Waals surface area contributed by atoms with Crippen molar-refractivity contribution in [2.45, 2.75) is 24.4 Å². The Kier molecular flexibility index (Phi) is 5.37. The van der Waals surface area contributed by atoms with Crippen molar-refractivity contribution >= 4 is 11.7 Å². The average Bonchev–Trinajstić information content (AvgIpc) is 3.15. The minimum absolute atomic E-state index is 0.0688. The fourth-order valence-corrected chi connectivity index (χ4v) is 5.58. The SMILES string of the molecule is O=C(OCC1c2ccccc2-c2ccccc21)N1C2C=C(c3c(F)cc(F)cc3F)CC1COC2. The van der Waals surface area contributed by atoms with E-state index >= 15 is 0 Å². The minimum Gasteiger partial charge on any atom is -0.448 e. The van der Waals surface area contributed by atoms with Crippen LogP contribution in [-0.2, 0) is 9.47 Å². The zero-order valence-electron chi connectivity index (χ0n) is 18.7. The van der Waals surface area contributed by atoms with Crippen LogP contribution in [0.2, 0.25) is 0 Å². The summed E-state index contributed by atoms with van der Waals surface area (Å²) in [6, 6.07) is 16.6. The van der Waals surface area contributed by atoms with Gasteiger partial charge in [0.2, 0.25) is 0 Å². The summed E-state index contributed by atoms with van der Waals surface area (Å²) in [7, 11) is 0. The van der Waals surface area contributed by atoms with Crippen LogP contribution in [0, 0.1) is 17.5 Å². The molecular weight excluding hydrogens is 455 g/mol. The molecule has 3 aromatic rings. The number of ether oxygens (including phenoxy) is 2. The first-order chi connectivity index (χ1) is 17.0. The molecular formula is C28H22F3NO3. The summed E-state index contributed by atoms with van der Waals surface area (Å²) in [5.74, 6) is -2.95. The van der Waals surface area contributed by atoms with Crippen LogP contribution >= 0.6 is 0 Å². The molecule has 178 valence electrons. The number of rotatable bonds is 3. The second-order valence-electron chi connectivity index (χ2n) is 9.11. The Balaban J connectivity index is 1.24. The topological polar surface area (TPSA) is 38.8 Å². The number of amides is 1. The minimum atomic E-state index is -0.969. The average molecular weight is 477 g/mol. The third-order valence-electron chi connectivity index (χ3n) is 7.07. The number of morpholine rings is 1. The van der Waals surface area contributed by atoms with Crippen LogP contribution in [0.25, 0.3) is 16.7 Å². The first-order valence-corrected chi connectivity index (χ1v) is 11.6. The summed E-state index contributed by atoms with van der Waals surface area (Å²) in [6.07, 6.45) is 1.32. The van der Waals surface area contributed by atoms with Gasteiger partial charge in [-0.15, -0.1) is 0 Å². The first kappa shape index (κ1) is 21.9. The molecule has 2 aliphatic heterocycles.